The lowest BCUT2D eigenvalue weighted by atomic mass is 9.90. The summed E-state index contributed by atoms with van der Waals surface area (Å²) in [6.07, 6.45) is 7.79. The smallest absolute Gasteiger partial charge is 0.0344 e. The molecule has 0 radical (unpaired) electrons. The van der Waals surface area contributed by atoms with Crippen molar-refractivity contribution in [2.45, 2.75) is 30.9 Å². The lowest BCUT2D eigenvalue weighted by Gasteiger charge is -2.21. The van der Waals surface area contributed by atoms with E-state index in [4.69, 9.17) is 0 Å². The molecule has 0 aromatic rings. The number of hydrogen-bond donors (Lipinski definition) is 0. The molecule has 1 fully saturated rings. The summed E-state index contributed by atoms with van der Waals surface area (Å²) in [7, 11) is 0. The monoisotopic (exact) mass is 141 g/mol. The third-order valence-corrected chi connectivity index (χ3v) is 3.30. The lowest BCUT2D eigenvalue weighted by molar-refractivity contribution is 0.463. The molecule has 1 saturated carbocycles. The standard InChI is InChI=1S/C7H11NS/c1-2-4-7-6(3-1)5-8-9-7/h5-7H,1-4H2. The molecule has 0 bridgehead atoms. The van der Waals surface area contributed by atoms with E-state index in [9.17, 15) is 0 Å². The Balaban J connectivity index is 2.03. The minimum Gasteiger partial charge on any atom is -0.228 e. The Labute approximate surface area is 60.1 Å². The molecule has 1 aliphatic heterocycles. The summed E-state index contributed by atoms with van der Waals surface area (Å²) >= 11 is 1.80. The Morgan fingerprint density at radius 3 is 3.11 bits per heavy atom. The summed E-state index contributed by atoms with van der Waals surface area (Å²) in [5.74, 6) is 0.837. The lowest BCUT2D eigenvalue weighted by Crippen LogP contribution is -2.18. The SMILES string of the molecule is C1=NSC2CCCCC12. The zero-order valence-electron chi connectivity index (χ0n) is 5.42. The van der Waals surface area contributed by atoms with Gasteiger partial charge in [0.25, 0.3) is 0 Å². The van der Waals surface area contributed by atoms with Crippen LogP contribution in [0.4, 0.5) is 0 Å². The molecule has 1 nitrogen and oxygen atoms in total. The van der Waals surface area contributed by atoms with Crippen molar-refractivity contribution < 1.29 is 0 Å². The van der Waals surface area contributed by atoms with E-state index in [0.717, 1.165) is 11.2 Å². The molecule has 2 rings (SSSR count). The van der Waals surface area contributed by atoms with E-state index in [-0.39, 0.29) is 0 Å². The van der Waals surface area contributed by atoms with Gasteiger partial charge in [-0.05, 0) is 24.8 Å². The van der Waals surface area contributed by atoms with Crippen LogP contribution in [0.15, 0.2) is 4.40 Å². The van der Waals surface area contributed by atoms with Crippen LogP contribution in [-0.2, 0) is 0 Å². The van der Waals surface area contributed by atoms with E-state index < -0.39 is 0 Å². The predicted molar refractivity (Wildman–Crippen MR) is 41.8 cm³/mol. The molecule has 0 spiro atoms. The molecule has 50 valence electrons. The van der Waals surface area contributed by atoms with Gasteiger partial charge in [0.1, 0.15) is 0 Å². The van der Waals surface area contributed by atoms with Gasteiger partial charge in [-0.15, -0.1) is 0 Å². The largest absolute Gasteiger partial charge is 0.228 e. The summed E-state index contributed by atoms with van der Waals surface area (Å²) < 4.78 is 4.22. The molecule has 0 N–H and O–H groups in total. The first-order chi connectivity index (χ1) is 4.47. The average molecular weight is 141 g/mol. The zero-order valence-corrected chi connectivity index (χ0v) is 6.23. The van der Waals surface area contributed by atoms with Crippen molar-refractivity contribution in [1.29, 1.82) is 0 Å². The Morgan fingerprint density at radius 1 is 1.33 bits per heavy atom. The van der Waals surface area contributed by atoms with E-state index in [2.05, 4.69) is 10.6 Å². The second-order valence-electron chi connectivity index (χ2n) is 2.85. The topological polar surface area (TPSA) is 12.4 Å². The molecular formula is C7H11NS. The van der Waals surface area contributed by atoms with E-state index in [1.807, 2.05) is 0 Å². The maximum absolute atomic E-state index is 4.22. The Hall–Kier alpha value is 0.0200. The van der Waals surface area contributed by atoms with E-state index >= 15 is 0 Å². The first-order valence-corrected chi connectivity index (χ1v) is 4.50. The molecule has 0 amide bonds. The van der Waals surface area contributed by atoms with Gasteiger partial charge < -0.3 is 0 Å². The average Bonchev–Trinajstić information content (AvgIpc) is 2.33. The van der Waals surface area contributed by atoms with Gasteiger partial charge in [0.2, 0.25) is 0 Å². The number of nitrogens with zero attached hydrogens (tertiary/aromatic N) is 1. The quantitative estimate of drug-likeness (QED) is 0.471. The Morgan fingerprint density at radius 2 is 2.22 bits per heavy atom. The molecule has 0 aromatic heterocycles. The number of hydrogen-bond acceptors (Lipinski definition) is 2. The van der Waals surface area contributed by atoms with E-state index in [1.54, 1.807) is 11.9 Å². The van der Waals surface area contributed by atoms with Crippen LogP contribution in [0, 0.1) is 5.92 Å². The van der Waals surface area contributed by atoms with Gasteiger partial charge in [-0.25, -0.2) is 4.40 Å². The number of fused-ring (bicyclic) bond motifs is 1. The molecule has 2 atom stereocenters. The van der Waals surface area contributed by atoms with Crippen LogP contribution in [0.2, 0.25) is 0 Å². The molecule has 0 aromatic carbocycles. The first-order valence-electron chi connectivity index (χ1n) is 3.66. The molecule has 1 heterocycles. The van der Waals surface area contributed by atoms with Crippen LogP contribution >= 0.6 is 11.9 Å². The van der Waals surface area contributed by atoms with Gasteiger partial charge in [0.15, 0.2) is 0 Å². The fourth-order valence-electron chi connectivity index (χ4n) is 1.62. The molecule has 2 heteroatoms. The van der Waals surface area contributed by atoms with Crippen molar-refractivity contribution in [1.82, 2.24) is 0 Å². The van der Waals surface area contributed by atoms with E-state index in [1.165, 1.54) is 25.7 Å². The van der Waals surface area contributed by atoms with Gasteiger partial charge in [-0.1, -0.05) is 12.8 Å². The van der Waals surface area contributed by atoms with Crippen LogP contribution in [0.5, 0.6) is 0 Å². The highest BCUT2D eigenvalue weighted by Crippen LogP contribution is 2.36. The van der Waals surface area contributed by atoms with Crippen molar-refractivity contribution in [2.24, 2.45) is 10.3 Å². The first kappa shape index (κ1) is 5.78. The van der Waals surface area contributed by atoms with Crippen molar-refractivity contribution >= 4 is 18.2 Å². The molecular weight excluding hydrogens is 130 g/mol. The summed E-state index contributed by atoms with van der Waals surface area (Å²) in [6.45, 7) is 0. The van der Waals surface area contributed by atoms with Gasteiger partial charge in [0.05, 0.1) is 0 Å². The van der Waals surface area contributed by atoms with Crippen LogP contribution in [0.3, 0.4) is 0 Å². The maximum atomic E-state index is 4.22. The van der Waals surface area contributed by atoms with Crippen molar-refractivity contribution in [3.8, 4) is 0 Å². The zero-order chi connectivity index (χ0) is 6.10. The van der Waals surface area contributed by atoms with Crippen LogP contribution in [0.1, 0.15) is 25.7 Å². The van der Waals surface area contributed by atoms with Crippen molar-refractivity contribution in [2.75, 3.05) is 0 Å². The van der Waals surface area contributed by atoms with Crippen molar-refractivity contribution in [3.63, 3.8) is 0 Å². The number of rotatable bonds is 0. The second-order valence-corrected chi connectivity index (χ2v) is 3.87. The van der Waals surface area contributed by atoms with Crippen LogP contribution < -0.4 is 0 Å². The normalized spacial score (nSPS) is 40.9. The second kappa shape index (κ2) is 2.33. The molecule has 9 heavy (non-hydrogen) atoms. The Bertz CT molecular complexity index is 133. The molecule has 0 saturated heterocycles. The molecule has 2 aliphatic rings. The van der Waals surface area contributed by atoms with Crippen molar-refractivity contribution in [3.05, 3.63) is 0 Å². The fraction of sp³-hybridized carbons (Fsp3) is 0.857. The fourth-order valence-corrected chi connectivity index (χ4v) is 2.64. The highest BCUT2D eigenvalue weighted by Gasteiger charge is 2.27. The summed E-state index contributed by atoms with van der Waals surface area (Å²) in [5.41, 5.74) is 0. The summed E-state index contributed by atoms with van der Waals surface area (Å²) in [4.78, 5) is 0. The third-order valence-electron chi connectivity index (χ3n) is 2.20. The van der Waals surface area contributed by atoms with Crippen LogP contribution in [-0.4, -0.2) is 11.5 Å². The minimum absolute atomic E-state index is 0.837. The summed E-state index contributed by atoms with van der Waals surface area (Å²) in [5, 5.41) is 0.860. The maximum Gasteiger partial charge on any atom is 0.0344 e. The minimum atomic E-state index is 0.837. The highest BCUT2D eigenvalue weighted by molar-refractivity contribution is 7.99. The Kier molecular flexibility index (Phi) is 1.50. The molecule has 1 aliphatic carbocycles. The van der Waals surface area contributed by atoms with E-state index in [0.29, 0.717) is 0 Å². The summed E-state index contributed by atoms with van der Waals surface area (Å²) in [6, 6.07) is 0. The van der Waals surface area contributed by atoms with Gasteiger partial charge in [-0.3, -0.25) is 0 Å². The third kappa shape index (κ3) is 1.00. The van der Waals surface area contributed by atoms with Gasteiger partial charge in [-0.2, -0.15) is 0 Å². The van der Waals surface area contributed by atoms with Gasteiger partial charge >= 0.3 is 0 Å². The van der Waals surface area contributed by atoms with Crippen LogP contribution in [0.25, 0.3) is 0 Å². The highest BCUT2D eigenvalue weighted by atomic mass is 32.2. The predicted octanol–water partition coefficient (Wildman–Crippen LogP) is 2.28. The molecule has 2 unspecified atom stereocenters. The van der Waals surface area contributed by atoms with Gasteiger partial charge in [0, 0.05) is 17.4 Å².